The Hall–Kier alpha value is -2.66. The molecule has 21 heavy (non-hydrogen) atoms. The number of amides is 1. The van der Waals surface area contributed by atoms with Crippen molar-refractivity contribution in [1.29, 1.82) is 0 Å². The monoisotopic (exact) mass is 280 g/mol. The van der Waals surface area contributed by atoms with Crippen LogP contribution in [0.4, 0.5) is 0 Å². The molecular weight excluding hydrogens is 264 g/mol. The normalized spacial score (nSPS) is 10.8. The number of benzene rings is 1. The van der Waals surface area contributed by atoms with Crippen LogP contribution in [0.25, 0.3) is 10.9 Å². The topological polar surface area (TPSA) is 72.9 Å². The van der Waals surface area contributed by atoms with Gasteiger partial charge < -0.3 is 4.57 Å². The lowest BCUT2D eigenvalue weighted by Crippen LogP contribution is -2.30. The van der Waals surface area contributed by atoms with E-state index in [4.69, 9.17) is 5.84 Å². The average molecular weight is 280 g/mol. The summed E-state index contributed by atoms with van der Waals surface area (Å²) in [5.41, 5.74) is 5.85. The zero-order valence-corrected chi connectivity index (χ0v) is 11.7. The van der Waals surface area contributed by atoms with Crippen molar-refractivity contribution in [2.75, 3.05) is 0 Å². The summed E-state index contributed by atoms with van der Waals surface area (Å²) < 4.78 is 2.14. The summed E-state index contributed by atoms with van der Waals surface area (Å²) >= 11 is 0. The van der Waals surface area contributed by atoms with Crippen LogP contribution in [0, 0.1) is 6.92 Å². The molecule has 0 unspecified atom stereocenters. The fourth-order valence-electron chi connectivity index (χ4n) is 2.37. The zero-order valence-electron chi connectivity index (χ0n) is 11.7. The number of nitrogens with two attached hydrogens (primary N) is 1. The number of hydrogen-bond acceptors (Lipinski definition) is 3. The third-order valence-corrected chi connectivity index (χ3v) is 3.48. The number of nitrogen functional groups attached to an aromatic ring is 1. The highest BCUT2D eigenvalue weighted by molar-refractivity contribution is 5.93. The number of hydrazine groups is 1. The average Bonchev–Trinajstić information content (AvgIpc) is 2.89. The second-order valence-corrected chi connectivity index (χ2v) is 5.02. The number of nitrogens with zero attached hydrogens (tertiary/aromatic N) is 2. The van der Waals surface area contributed by atoms with Gasteiger partial charge in [-0.2, -0.15) is 0 Å². The number of nitrogens with one attached hydrogen (secondary N) is 1. The molecule has 3 rings (SSSR count). The first-order valence-electron chi connectivity index (χ1n) is 6.69. The van der Waals surface area contributed by atoms with Gasteiger partial charge in [-0.3, -0.25) is 15.2 Å². The van der Waals surface area contributed by atoms with Crippen molar-refractivity contribution in [3.63, 3.8) is 0 Å². The van der Waals surface area contributed by atoms with Gasteiger partial charge in [-0.15, -0.1) is 0 Å². The Labute approximate surface area is 122 Å². The molecule has 106 valence electrons. The third-order valence-electron chi connectivity index (χ3n) is 3.48. The lowest BCUT2D eigenvalue weighted by atomic mass is 10.2. The molecule has 1 amide bonds. The second-order valence-electron chi connectivity index (χ2n) is 5.02. The van der Waals surface area contributed by atoms with Gasteiger partial charge >= 0.3 is 0 Å². The summed E-state index contributed by atoms with van der Waals surface area (Å²) in [5, 5.41) is 1.22. The van der Waals surface area contributed by atoms with Crippen molar-refractivity contribution >= 4 is 16.8 Å². The predicted molar refractivity (Wildman–Crippen MR) is 81.7 cm³/mol. The molecule has 0 radical (unpaired) electrons. The maximum absolute atomic E-state index is 11.4. The highest BCUT2D eigenvalue weighted by Crippen LogP contribution is 2.18. The molecular formula is C16H16N4O. The molecule has 0 saturated heterocycles. The largest absolute Gasteiger partial charge is 0.341 e. The van der Waals surface area contributed by atoms with E-state index in [1.807, 2.05) is 12.3 Å². The first kappa shape index (κ1) is 13.3. The first-order chi connectivity index (χ1) is 10.2. The van der Waals surface area contributed by atoms with Gasteiger partial charge in [0.05, 0.1) is 17.8 Å². The van der Waals surface area contributed by atoms with E-state index in [-0.39, 0.29) is 5.91 Å². The second kappa shape index (κ2) is 5.38. The Morgan fingerprint density at radius 2 is 2.14 bits per heavy atom. The van der Waals surface area contributed by atoms with Crippen LogP contribution >= 0.6 is 0 Å². The highest BCUT2D eigenvalue weighted by atomic mass is 16.2. The molecule has 2 aromatic heterocycles. The molecule has 0 fully saturated rings. The van der Waals surface area contributed by atoms with Gasteiger partial charge in [-0.05, 0) is 42.6 Å². The number of carbonyl (C=O) groups excluding carboxylic acids is 1. The van der Waals surface area contributed by atoms with Crippen molar-refractivity contribution < 1.29 is 4.79 Å². The molecule has 0 atom stereocenters. The molecule has 3 aromatic rings. The van der Waals surface area contributed by atoms with Crippen LogP contribution < -0.4 is 11.3 Å². The number of carbonyl (C=O) groups is 1. The van der Waals surface area contributed by atoms with Gasteiger partial charge in [0.1, 0.15) is 0 Å². The highest BCUT2D eigenvalue weighted by Gasteiger charge is 2.06. The van der Waals surface area contributed by atoms with Gasteiger partial charge in [0.15, 0.2) is 0 Å². The van der Waals surface area contributed by atoms with E-state index in [1.165, 1.54) is 22.7 Å². The fourth-order valence-corrected chi connectivity index (χ4v) is 2.37. The van der Waals surface area contributed by atoms with Crippen LogP contribution in [0.5, 0.6) is 0 Å². The smallest absolute Gasteiger partial charge is 0.266 e. The van der Waals surface area contributed by atoms with Gasteiger partial charge in [-0.1, -0.05) is 11.6 Å². The fraction of sp³-hybridized carbons (Fsp3) is 0.125. The van der Waals surface area contributed by atoms with E-state index in [2.05, 4.69) is 46.2 Å². The standard InChI is InChI=1S/C16H16N4O/c1-11-2-5-15-12(8-11)6-7-20(15)10-14-4-3-13(9-18-14)16(21)19-17/h2-9H,10,17H2,1H3,(H,19,21). The molecule has 0 aliphatic heterocycles. The van der Waals surface area contributed by atoms with E-state index in [1.54, 1.807) is 6.07 Å². The van der Waals surface area contributed by atoms with E-state index in [9.17, 15) is 4.79 Å². The van der Waals surface area contributed by atoms with Gasteiger partial charge in [0.25, 0.3) is 5.91 Å². The molecule has 3 N–H and O–H groups in total. The van der Waals surface area contributed by atoms with Gasteiger partial charge in [-0.25, -0.2) is 5.84 Å². The first-order valence-corrected chi connectivity index (χ1v) is 6.69. The SMILES string of the molecule is Cc1ccc2c(ccn2Cc2ccc(C(=O)NN)cn2)c1. The van der Waals surface area contributed by atoms with Gasteiger partial charge in [0.2, 0.25) is 0 Å². The number of rotatable bonds is 3. The van der Waals surface area contributed by atoms with Crippen molar-refractivity contribution in [3.05, 3.63) is 65.6 Å². The Bertz CT molecular complexity index is 790. The Kier molecular flexibility index (Phi) is 3.41. The third kappa shape index (κ3) is 2.64. The molecule has 0 aliphatic rings. The summed E-state index contributed by atoms with van der Waals surface area (Å²) in [5.74, 6) is 4.76. The summed E-state index contributed by atoms with van der Waals surface area (Å²) in [4.78, 5) is 15.7. The minimum Gasteiger partial charge on any atom is -0.341 e. The van der Waals surface area contributed by atoms with Crippen molar-refractivity contribution in [1.82, 2.24) is 15.0 Å². The van der Waals surface area contributed by atoms with E-state index >= 15 is 0 Å². The Balaban J connectivity index is 1.86. The van der Waals surface area contributed by atoms with Crippen LogP contribution in [0.1, 0.15) is 21.6 Å². The minimum atomic E-state index is -0.337. The molecule has 0 saturated carbocycles. The number of aryl methyl sites for hydroxylation is 1. The molecule has 0 spiro atoms. The van der Waals surface area contributed by atoms with Crippen LogP contribution in [-0.4, -0.2) is 15.5 Å². The molecule has 5 nitrogen and oxygen atoms in total. The van der Waals surface area contributed by atoms with E-state index < -0.39 is 0 Å². The van der Waals surface area contributed by atoms with Crippen LogP contribution in [0.15, 0.2) is 48.8 Å². The maximum Gasteiger partial charge on any atom is 0.266 e. The van der Waals surface area contributed by atoms with Crippen LogP contribution in [0.3, 0.4) is 0 Å². The number of pyridine rings is 1. The Morgan fingerprint density at radius 1 is 1.29 bits per heavy atom. The summed E-state index contributed by atoms with van der Waals surface area (Å²) in [6, 6.07) is 12.0. The summed E-state index contributed by atoms with van der Waals surface area (Å²) in [6.45, 7) is 2.75. The van der Waals surface area contributed by atoms with Crippen LogP contribution in [0.2, 0.25) is 0 Å². The predicted octanol–water partition coefficient (Wildman–Crippen LogP) is 2.00. The summed E-state index contributed by atoms with van der Waals surface area (Å²) in [7, 11) is 0. The van der Waals surface area contributed by atoms with Crippen molar-refractivity contribution in [3.8, 4) is 0 Å². The van der Waals surface area contributed by atoms with Crippen molar-refractivity contribution in [2.24, 2.45) is 5.84 Å². The molecule has 1 aromatic carbocycles. The van der Waals surface area contributed by atoms with E-state index in [0.717, 1.165) is 5.69 Å². The molecule has 5 heteroatoms. The molecule has 2 heterocycles. The number of aromatic nitrogens is 2. The lowest BCUT2D eigenvalue weighted by Gasteiger charge is -2.06. The van der Waals surface area contributed by atoms with Gasteiger partial charge in [0, 0.05) is 17.9 Å². The van der Waals surface area contributed by atoms with E-state index in [0.29, 0.717) is 12.1 Å². The quantitative estimate of drug-likeness (QED) is 0.438. The minimum absolute atomic E-state index is 0.337. The lowest BCUT2D eigenvalue weighted by molar-refractivity contribution is 0.0953. The van der Waals surface area contributed by atoms with Crippen molar-refractivity contribution in [2.45, 2.75) is 13.5 Å². The number of hydrogen-bond donors (Lipinski definition) is 2. The zero-order chi connectivity index (χ0) is 14.8. The van der Waals surface area contributed by atoms with Crippen LogP contribution in [-0.2, 0) is 6.54 Å². The maximum atomic E-state index is 11.4. The molecule has 0 bridgehead atoms. The molecule has 0 aliphatic carbocycles. The Morgan fingerprint density at radius 3 is 2.86 bits per heavy atom. The summed E-state index contributed by atoms with van der Waals surface area (Å²) in [6.07, 6.45) is 3.58. The number of fused-ring (bicyclic) bond motifs is 1.